The van der Waals surface area contributed by atoms with Crippen LogP contribution < -0.4 is 5.32 Å². The first-order valence-electron chi connectivity index (χ1n) is 21.6. The van der Waals surface area contributed by atoms with Gasteiger partial charge in [-0.15, -0.1) is 0 Å². The molecule has 4 saturated heterocycles. The van der Waals surface area contributed by atoms with Crippen molar-refractivity contribution in [1.82, 2.24) is 15.1 Å². The Kier molecular flexibility index (Phi) is 6.00. The largest absolute Gasteiger partial charge is 0.500 e. The highest BCUT2D eigenvalue weighted by Crippen LogP contribution is 2.68. The summed E-state index contributed by atoms with van der Waals surface area (Å²) in [5, 5.41) is 3.26. The zero-order chi connectivity index (χ0) is 41.9. The number of methoxy groups -OCH3 is 1. The van der Waals surface area contributed by atoms with E-state index in [1.807, 2.05) is 71.9 Å². The first-order valence-corrected chi connectivity index (χ1v) is 17.1. The molecule has 7 aliphatic rings. The molecule has 8 nitrogen and oxygen atoms in total. The van der Waals surface area contributed by atoms with Gasteiger partial charge in [0.1, 0.15) is 11.4 Å². The smallest absolute Gasteiger partial charge is 0.410 e. The fourth-order valence-electron chi connectivity index (χ4n) is 9.23. The summed E-state index contributed by atoms with van der Waals surface area (Å²) >= 11 is 0. The highest BCUT2D eigenvalue weighted by Gasteiger charge is 2.74. The van der Waals surface area contributed by atoms with E-state index >= 15 is 0 Å². The van der Waals surface area contributed by atoms with E-state index in [2.05, 4.69) is 11.9 Å². The summed E-state index contributed by atoms with van der Waals surface area (Å²) in [5.74, 6) is 0.654. The molecule has 13 atom stereocenters. The van der Waals surface area contributed by atoms with E-state index in [1.54, 1.807) is 23.8 Å². The molecule has 0 radical (unpaired) electrons. The molecule has 3 aliphatic carbocycles. The van der Waals surface area contributed by atoms with Crippen LogP contribution in [0.2, 0.25) is 0 Å². The Morgan fingerprint density at radius 1 is 1.06 bits per heavy atom. The van der Waals surface area contributed by atoms with E-state index in [1.165, 1.54) is 0 Å². The molecule has 8 heteroatoms. The third-order valence-electron chi connectivity index (χ3n) is 12.0. The number of nitrogens with zero attached hydrogens (tertiary/aromatic N) is 2. The predicted octanol–water partition coefficient (Wildman–Crippen LogP) is 6.88. The maximum Gasteiger partial charge on any atom is 0.410 e. The van der Waals surface area contributed by atoms with Crippen LogP contribution >= 0.6 is 0 Å². The molecule has 0 spiro atoms. The number of benzene rings is 1. The van der Waals surface area contributed by atoms with Crippen molar-refractivity contribution in [3.05, 3.63) is 48.2 Å². The van der Waals surface area contributed by atoms with Crippen molar-refractivity contribution >= 4 is 12.0 Å². The van der Waals surface area contributed by atoms with Crippen LogP contribution in [0.25, 0.3) is 0 Å². The molecular weight excluding hydrogens is 590 g/mol. The Hall–Kier alpha value is -2.58. The third-order valence-corrected chi connectivity index (χ3v) is 12.0. The SMILES string of the molecule is [2H]C([2H])([2H])C1(C)[C@@H]2[C@@H](C(=C)OC)NC[C@@H]21.[2H]C([2H])([2H])C1(C)[C@@H]2[C@@H](CC)N(C(=O)OC(C)(C)C)C[C@@H]21.[2H]C([2H])([2H])C1(C)[C@@H]2[C@H]3CO[C@H](c4ccccc4)N3C(=O)[C@@H]21. The van der Waals surface area contributed by atoms with E-state index in [9.17, 15) is 9.59 Å². The summed E-state index contributed by atoms with van der Waals surface area (Å²) in [4.78, 5) is 28.4. The highest BCUT2D eigenvalue weighted by molar-refractivity contribution is 5.87. The second-order valence-electron chi connectivity index (χ2n) is 16.2. The first kappa shape index (κ1) is 24.5. The Morgan fingerprint density at radius 3 is 2.30 bits per heavy atom. The topological polar surface area (TPSA) is 80.3 Å². The van der Waals surface area contributed by atoms with Crippen molar-refractivity contribution < 1.29 is 36.1 Å². The van der Waals surface area contributed by atoms with Crippen molar-refractivity contribution in [1.29, 1.82) is 0 Å². The zero-order valence-corrected chi connectivity index (χ0v) is 29.1. The van der Waals surface area contributed by atoms with Crippen LogP contribution in [0, 0.1) is 51.8 Å². The lowest BCUT2D eigenvalue weighted by molar-refractivity contribution is -0.137. The molecule has 47 heavy (non-hydrogen) atoms. The van der Waals surface area contributed by atoms with Gasteiger partial charge in [-0.25, -0.2) is 4.79 Å². The first-order chi connectivity index (χ1) is 25.6. The number of likely N-dealkylation sites (tertiary alicyclic amines) is 1. The lowest BCUT2D eigenvalue weighted by atomic mass is 10.00. The quantitative estimate of drug-likeness (QED) is 0.356. The number of piperidine rings is 3. The molecule has 8 rings (SSSR count). The van der Waals surface area contributed by atoms with Crippen molar-refractivity contribution in [2.75, 3.05) is 26.8 Å². The van der Waals surface area contributed by atoms with Crippen LogP contribution in [-0.2, 0) is 19.0 Å². The number of rotatable bonds is 4. The van der Waals surface area contributed by atoms with Gasteiger partial charge >= 0.3 is 6.09 Å². The van der Waals surface area contributed by atoms with Gasteiger partial charge < -0.3 is 29.3 Å². The van der Waals surface area contributed by atoms with Gasteiger partial charge in [0, 0.05) is 36.4 Å². The molecule has 260 valence electrons. The molecule has 0 bridgehead atoms. The maximum absolute atomic E-state index is 12.7. The molecule has 1 N–H and O–H groups in total. The van der Waals surface area contributed by atoms with Crippen molar-refractivity contribution in [2.24, 2.45) is 51.8 Å². The van der Waals surface area contributed by atoms with Crippen LogP contribution in [0.5, 0.6) is 0 Å². The molecular formula is C39H59N3O5. The van der Waals surface area contributed by atoms with E-state index in [4.69, 9.17) is 26.5 Å². The highest BCUT2D eigenvalue weighted by atomic mass is 16.6. The van der Waals surface area contributed by atoms with E-state index in [0.717, 1.165) is 18.5 Å². The van der Waals surface area contributed by atoms with Gasteiger partial charge in [-0.3, -0.25) is 4.79 Å². The van der Waals surface area contributed by atoms with Gasteiger partial charge in [0.05, 0.1) is 25.8 Å². The zero-order valence-electron chi connectivity index (χ0n) is 38.1. The lowest BCUT2D eigenvalue weighted by Crippen LogP contribution is -2.43. The summed E-state index contributed by atoms with van der Waals surface area (Å²) in [7, 11) is 1.58. The summed E-state index contributed by atoms with van der Waals surface area (Å²) in [5.41, 5.74) is -1.63. The Morgan fingerprint density at radius 2 is 1.72 bits per heavy atom. The fraction of sp³-hybridized carbons (Fsp3) is 0.744. The Balaban J connectivity index is 0.000000145. The average molecular weight is 659 g/mol. The normalized spacial score (nSPS) is 48.2. The van der Waals surface area contributed by atoms with Gasteiger partial charge in [-0.2, -0.15) is 0 Å². The number of ether oxygens (including phenoxy) is 3. The van der Waals surface area contributed by atoms with Crippen molar-refractivity contribution in [3.8, 4) is 0 Å². The Bertz CT molecular complexity index is 1700. The summed E-state index contributed by atoms with van der Waals surface area (Å²) in [6, 6.07) is 9.52. The number of fused-ring (bicyclic) bond motifs is 5. The molecule has 3 saturated carbocycles. The Labute approximate surface area is 295 Å². The number of carbonyl (C=O) groups is 2. The predicted molar refractivity (Wildman–Crippen MR) is 183 cm³/mol. The fourth-order valence-corrected chi connectivity index (χ4v) is 9.23. The minimum Gasteiger partial charge on any atom is -0.500 e. The van der Waals surface area contributed by atoms with Gasteiger partial charge in [-0.1, -0.05) is 85.2 Å². The van der Waals surface area contributed by atoms with Gasteiger partial charge in [0.15, 0.2) is 6.23 Å². The van der Waals surface area contributed by atoms with Crippen LogP contribution in [0.1, 0.15) is 99.6 Å². The van der Waals surface area contributed by atoms with Crippen molar-refractivity contribution in [2.45, 2.75) is 105 Å². The van der Waals surface area contributed by atoms with Gasteiger partial charge in [-0.05, 0) is 79.6 Å². The number of hydrogen-bond donors (Lipinski definition) is 1. The molecule has 4 aliphatic heterocycles. The third kappa shape index (κ3) is 5.69. The summed E-state index contributed by atoms with van der Waals surface area (Å²) < 4.78 is 85.4. The van der Waals surface area contributed by atoms with Crippen LogP contribution in [0.3, 0.4) is 0 Å². The molecule has 1 aromatic carbocycles. The van der Waals surface area contributed by atoms with E-state index in [-0.39, 0.29) is 71.9 Å². The molecule has 7 fully saturated rings. The van der Waals surface area contributed by atoms with Gasteiger partial charge in [0.2, 0.25) is 5.91 Å². The number of nitrogens with one attached hydrogen (secondary N) is 1. The molecule has 0 aromatic heterocycles. The second-order valence-corrected chi connectivity index (χ2v) is 16.2. The van der Waals surface area contributed by atoms with E-state index in [0.29, 0.717) is 18.9 Å². The molecule has 1 aromatic rings. The minimum atomic E-state index is -2.09. The van der Waals surface area contributed by atoms with Crippen LogP contribution in [0.4, 0.5) is 4.79 Å². The van der Waals surface area contributed by atoms with Crippen LogP contribution in [0.15, 0.2) is 42.7 Å². The summed E-state index contributed by atoms with van der Waals surface area (Å²) in [6.07, 6.45) is 0.0910. The van der Waals surface area contributed by atoms with Gasteiger partial charge in [0.25, 0.3) is 0 Å². The van der Waals surface area contributed by atoms with Crippen LogP contribution in [-0.4, -0.2) is 72.3 Å². The second kappa shape index (κ2) is 11.5. The van der Waals surface area contributed by atoms with E-state index < -0.39 is 42.4 Å². The summed E-state index contributed by atoms with van der Waals surface area (Å²) in [6.45, 7) is 12.5. The minimum absolute atomic E-state index is 0.00502. The number of amides is 2. The maximum atomic E-state index is 12.7. The molecule has 3 unspecified atom stereocenters. The monoisotopic (exact) mass is 659 g/mol. The molecule has 2 amide bonds. The number of hydrogen-bond acceptors (Lipinski definition) is 6. The lowest BCUT2D eigenvalue weighted by Gasteiger charge is -2.32. The number of carbonyl (C=O) groups excluding carboxylic acids is 2. The standard InChI is InChI=1S/C15H17NO2.C14H25NO2.C10H17NO/c1-15(2)11-10-8-18-14(9-6-4-3-5-7-9)16(10)13(17)12(11)15;1-7-10-11-9(14(11,5)6)8-15(10)12(16)17-13(2,3)4;1-6(12-4)9-8-7(5-11-9)10(8,2)3/h3-7,10-12,14H,8H2,1-2H3;9-11H,7-8H2,1-6H3;7-9,11H,1,5H2,2-4H3/t10-,11-,12-,14-;9-,10+,11-;7-,8-,9+/m100/s1/i1D3;5D3;2D3/t10-,11-,12-,14-,15?;9-,10+,11-,14?;7-,8-,9+,10?. The molecule has 4 heterocycles. The van der Waals surface area contributed by atoms with Crippen molar-refractivity contribution in [3.63, 3.8) is 0 Å². The average Bonchev–Trinajstić information content (AvgIpc) is 3.73.